The van der Waals surface area contributed by atoms with E-state index in [1.807, 2.05) is 0 Å². The smallest absolute Gasteiger partial charge is 0.159 e. The summed E-state index contributed by atoms with van der Waals surface area (Å²) in [6.45, 7) is 19.0. The lowest BCUT2D eigenvalue weighted by molar-refractivity contribution is -0.134. The Morgan fingerprint density at radius 2 is 1.66 bits per heavy atom. The van der Waals surface area contributed by atoms with Crippen LogP contribution in [0.5, 0.6) is 0 Å². The standard InChI is InChI=1S/C30H50O2/c1-19(2)10-9-11-20(3)21-12-17-30(8)26-22(13-16-29(21,30)7)28(6)15-14-25(32)27(4,5)24(28)18-23(26)31/h19-21,24-25,32H,9-18H2,1-8H3/t20-,21-,24?,25+,28-,29-,30+/m1/s1. The molecule has 182 valence electrons. The number of carbonyl (C=O) groups excluding carboxylic acids is 1. The van der Waals surface area contributed by atoms with Crippen LogP contribution in [0.15, 0.2) is 11.1 Å². The van der Waals surface area contributed by atoms with Crippen LogP contribution in [0.1, 0.15) is 120 Å². The number of allylic oxidation sites excluding steroid dienone is 2. The summed E-state index contributed by atoms with van der Waals surface area (Å²) in [6.07, 6.45) is 11.1. The van der Waals surface area contributed by atoms with Gasteiger partial charge in [0.2, 0.25) is 0 Å². The molecule has 2 heteroatoms. The van der Waals surface area contributed by atoms with Crippen molar-refractivity contribution in [3.63, 3.8) is 0 Å². The first-order chi connectivity index (χ1) is 14.8. The minimum atomic E-state index is -0.289. The third-order valence-electron chi connectivity index (χ3n) is 11.7. The fourth-order valence-corrected chi connectivity index (χ4v) is 9.35. The maximum atomic E-state index is 13.9. The van der Waals surface area contributed by atoms with Crippen LogP contribution in [-0.4, -0.2) is 17.0 Å². The summed E-state index contributed by atoms with van der Waals surface area (Å²) in [4.78, 5) is 13.9. The normalized spacial score (nSPS) is 44.3. The highest BCUT2D eigenvalue weighted by Gasteiger charge is 2.65. The quantitative estimate of drug-likeness (QED) is 0.473. The van der Waals surface area contributed by atoms with Gasteiger partial charge in [0.1, 0.15) is 0 Å². The Balaban J connectivity index is 1.68. The van der Waals surface area contributed by atoms with Crippen LogP contribution in [0.25, 0.3) is 0 Å². The molecule has 0 heterocycles. The molecule has 2 saturated carbocycles. The molecular formula is C30H50O2. The van der Waals surface area contributed by atoms with Gasteiger partial charge in [-0.05, 0) is 78.4 Å². The summed E-state index contributed by atoms with van der Waals surface area (Å²) in [5.74, 6) is 2.96. The Labute approximate surface area is 198 Å². The molecule has 0 aromatic heterocycles. The largest absolute Gasteiger partial charge is 0.393 e. The maximum Gasteiger partial charge on any atom is 0.159 e. The first-order valence-electron chi connectivity index (χ1n) is 13.7. The Morgan fingerprint density at radius 3 is 2.31 bits per heavy atom. The number of ketones is 1. The number of aliphatic hydroxyl groups is 1. The fraction of sp³-hybridized carbons (Fsp3) is 0.900. The minimum Gasteiger partial charge on any atom is -0.393 e. The van der Waals surface area contributed by atoms with Crippen molar-refractivity contribution in [1.29, 1.82) is 0 Å². The van der Waals surface area contributed by atoms with E-state index in [0.29, 0.717) is 12.2 Å². The molecule has 0 saturated heterocycles. The van der Waals surface area contributed by atoms with Crippen LogP contribution in [-0.2, 0) is 4.79 Å². The van der Waals surface area contributed by atoms with Crippen LogP contribution < -0.4 is 0 Å². The van der Waals surface area contributed by atoms with Gasteiger partial charge in [-0.3, -0.25) is 4.79 Å². The molecule has 1 N–H and O–H groups in total. The molecule has 0 bridgehead atoms. The number of rotatable bonds is 5. The van der Waals surface area contributed by atoms with Gasteiger partial charge < -0.3 is 5.11 Å². The molecular weight excluding hydrogens is 392 g/mol. The number of fused-ring (bicyclic) bond motifs is 4. The van der Waals surface area contributed by atoms with Crippen LogP contribution in [0, 0.1) is 45.3 Å². The molecule has 32 heavy (non-hydrogen) atoms. The average molecular weight is 443 g/mol. The Hall–Kier alpha value is -0.630. The van der Waals surface area contributed by atoms with E-state index in [1.54, 1.807) is 0 Å². The van der Waals surface area contributed by atoms with Gasteiger partial charge in [-0.2, -0.15) is 0 Å². The van der Waals surface area contributed by atoms with Crippen LogP contribution in [0.4, 0.5) is 0 Å². The summed E-state index contributed by atoms with van der Waals surface area (Å²) < 4.78 is 0. The summed E-state index contributed by atoms with van der Waals surface area (Å²) >= 11 is 0. The first-order valence-corrected chi connectivity index (χ1v) is 13.7. The van der Waals surface area contributed by atoms with E-state index in [9.17, 15) is 9.90 Å². The van der Waals surface area contributed by atoms with Gasteiger partial charge in [0, 0.05) is 17.4 Å². The molecule has 0 radical (unpaired) electrons. The zero-order valence-corrected chi connectivity index (χ0v) is 22.3. The number of aliphatic hydroxyl groups excluding tert-OH is 1. The van der Waals surface area contributed by atoms with E-state index in [1.165, 1.54) is 49.7 Å². The molecule has 4 aliphatic carbocycles. The molecule has 0 spiro atoms. The fourth-order valence-electron chi connectivity index (χ4n) is 9.35. The third kappa shape index (κ3) is 3.32. The lowest BCUT2D eigenvalue weighted by Crippen LogP contribution is -2.57. The van der Waals surface area contributed by atoms with E-state index in [-0.39, 0.29) is 33.7 Å². The lowest BCUT2D eigenvalue weighted by atomic mass is 9.43. The van der Waals surface area contributed by atoms with E-state index in [4.69, 9.17) is 0 Å². The van der Waals surface area contributed by atoms with Gasteiger partial charge in [-0.1, -0.05) is 80.2 Å². The molecule has 1 unspecified atom stereocenters. The van der Waals surface area contributed by atoms with Crippen LogP contribution in [0.3, 0.4) is 0 Å². The number of hydrogen-bond donors (Lipinski definition) is 1. The molecule has 4 aliphatic rings. The molecule has 2 fully saturated rings. The SMILES string of the molecule is CC(C)CCC[C@@H](C)[C@H]1CC[C@@]2(C)C3=C(CC[C@]12C)[C@@]1(C)CC[C@H](O)C(C)(C)C1CC3=O. The van der Waals surface area contributed by atoms with Crippen molar-refractivity contribution in [3.05, 3.63) is 11.1 Å². The van der Waals surface area contributed by atoms with Crippen molar-refractivity contribution >= 4 is 5.78 Å². The predicted octanol–water partition coefficient (Wildman–Crippen LogP) is 7.74. The van der Waals surface area contributed by atoms with Gasteiger partial charge in [-0.25, -0.2) is 0 Å². The Kier molecular flexibility index (Phi) is 6.09. The highest BCUT2D eigenvalue weighted by Crippen LogP contribution is 2.71. The first kappa shape index (κ1) is 24.5. The zero-order chi connectivity index (χ0) is 23.7. The molecule has 2 nitrogen and oxygen atoms in total. The summed E-state index contributed by atoms with van der Waals surface area (Å²) in [6, 6.07) is 0. The highest BCUT2D eigenvalue weighted by atomic mass is 16.3. The minimum absolute atomic E-state index is 0.0306. The molecule has 0 amide bonds. The van der Waals surface area contributed by atoms with E-state index >= 15 is 0 Å². The van der Waals surface area contributed by atoms with Crippen LogP contribution >= 0.6 is 0 Å². The van der Waals surface area contributed by atoms with Gasteiger partial charge in [-0.15, -0.1) is 0 Å². The maximum absolute atomic E-state index is 13.9. The number of carbonyl (C=O) groups is 1. The van der Waals surface area contributed by atoms with Crippen molar-refractivity contribution in [2.24, 2.45) is 45.3 Å². The predicted molar refractivity (Wildman–Crippen MR) is 133 cm³/mol. The third-order valence-corrected chi connectivity index (χ3v) is 11.7. The van der Waals surface area contributed by atoms with Gasteiger partial charge in [0.15, 0.2) is 5.78 Å². The van der Waals surface area contributed by atoms with Crippen molar-refractivity contribution in [2.45, 2.75) is 126 Å². The van der Waals surface area contributed by atoms with Crippen molar-refractivity contribution in [1.82, 2.24) is 0 Å². The monoisotopic (exact) mass is 442 g/mol. The topological polar surface area (TPSA) is 37.3 Å². The number of Topliss-reactive ketones (excluding diaryl/α,β-unsaturated/α-hetero) is 1. The summed E-state index contributed by atoms with van der Waals surface area (Å²) in [7, 11) is 0. The van der Waals surface area contributed by atoms with Crippen molar-refractivity contribution in [3.8, 4) is 0 Å². The van der Waals surface area contributed by atoms with Gasteiger partial charge >= 0.3 is 0 Å². The van der Waals surface area contributed by atoms with E-state index in [2.05, 4.69) is 55.4 Å². The number of hydrogen-bond acceptors (Lipinski definition) is 2. The second-order valence-electron chi connectivity index (χ2n) is 14.0. The van der Waals surface area contributed by atoms with Crippen molar-refractivity contribution in [2.75, 3.05) is 0 Å². The highest BCUT2D eigenvalue weighted by molar-refractivity contribution is 5.99. The van der Waals surface area contributed by atoms with Crippen LogP contribution in [0.2, 0.25) is 0 Å². The molecule has 0 aromatic carbocycles. The molecule has 7 atom stereocenters. The van der Waals surface area contributed by atoms with Gasteiger partial charge in [0.25, 0.3) is 0 Å². The second kappa shape index (κ2) is 7.96. The van der Waals surface area contributed by atoms with Crippen molar-refractivity contribution < 1.29 is 9.90 Å². The van der Waals surface area contributed by atoms with E-state index in [0.717, 1.165) is 37.0 Å². The van der Waals surface area contributed by atoms with E-state index < -0.39 is 0 Å². The molecule has 0 aliphatic heterocycles. The Bertz CT molecular complexity index is 791. The zero-order valence-electron chi connectivity index (χ0n) is 22.3. The second-order valence-corrected chi connectivity index (χ2v) is 14.0. The summed E-state index contributed by atoms with van der Waals surface area (Å²) in [5.41, 5.74) is 2.93. The summed E-state index contributed by atoms with van der Waals surface area (Å²) in [5, 5.41) is 10.8. The molecule has 0 aromatic rings. The molecule has 4 rings (SSSR count). The average Bonchev–Trinajstić information content (AvgIpc) is 2.98. The lowest BCUT2D eigenvalue weighted by Gasteiger charge is -2.61. The Morgan fingerprint density at radius 1 is 0.969 bits per heavy atom. The van der Waals surface area contributed by atoms with Gasteiger partial charge in [0.05, 0.1) is 6.10 Å².